The van der Waals surface area contributed by atoms with Crippen LogP contribution in [0.1, 0.15) is 12.8 Å². The van der Waals surface area contributed by atoms with E-state index >= 15 is 0 Å². The molecule has 3 rings (SSSR count). The summed E-state index contributed by atoms with van der Waals surface area (Å²) in [5, 5.41) is 13.4. The van der Waals surface area contributed by atoms with Crippen LogP contribution in [-0.2, 0) is 14.8 Å². The number of hydrogen-bond acceptors (Lipinski definition) is 6. The second-order valence-electron chi connectivity index (χ2n) is 5.58. The number of nitrogens with zero attached hydrogens (tertiary/aromatic N) is 2. The van der Waals surface area contributed by atoms with Gasteiger partial charge in [-0.3, -0.25) is 10.1 Å². The van der Waals surface area contributed by atoms with Crippen molar-refractivity contribution < 1.29 is 22.9 Å². The molecule has 1 spiro atoms. The molecule has 1 aromatic rings. The highest BCUT2D eigenvalue weighted by molar-refractivity contribution is 7.89. The molecule has 0 bridgehead atoms. The second kappa shape index (κ2) is 5.46. The number of nitro benzene ring substituents is 1. The molecule has 0 aromatic heterocycles. The molecule has 0 unspecified atom stereocenters. The van der Waals surface area contributed by atoms with E-state index in [0.717, 1.165) is 6.07 Å². The maximum Gasteiger partial charge on any atom is 0.407 e. The van der Waals surface area contributed by atoms with Crippen LogP contribution in [0.25, 0.3) is 0 Å². The maximum atomic E-state index is 12.6. The molecule has 2 saturated heterocycles. The highest BCUT2D eigenvalue weighted by Gasteiger charge is 2.45. The average molecular weight is 341 g/mol. The zero-order chi connectivity index (χ0) is 16.7. The highest BCUT2D eigenvalue weighted by atomic mass is 32.2. The van der Waals surface area contributed by atoms with Gasteiger partial charge in [-0.1, -0.05) is 6.07 Å². The van der Waals surface area contributed by atoms with Gasteiger partial charge in [-0.15, -0.1) is 0 Å². The number of benzene rings is 1. The number of nitrogens with one attached hydrogen (secondary N) is 1. The Morgan fingerprint density at radius 2 is 2.00 bits per heavy atom. The van der Waals surface area contributed by atoms with Crippen LogP contribution in [0.15, 0.2) is 29.2 Å². The molecule has 10 heteroatoms. The van der Waals surface area contributed by atoms with E-state index in [9.17, 15) is 23.3 Å². The lowest BCUT2D eigenvalue weighted by atomic mass is 9.93. The minimum Gasteiger partial charge on any atom is -0.441 e. The second-order valence-corrected chi connectivity index (χ2v) is 7.52. The van der Waals surface area contributed by atoms with Crippen LogP contribution in [0.3, 0.4) is 0 Å². The first-order valence-corrected chi connectivity index (χ1v) is 8.48. The number of sulfonamides is 1. The molecule has 1 aromatic carbocycles. The van der Waals surface area contributed by atoms with Crippen LogP contribution in [0, 0.1) is 10.1 Å². The molecule has 0 atom stereocenters. The van der Waals surface area contributed by atoms with Crippen molar-refractivity contribution in [1.82, 2.24) is 9.62 Å². The van der Waals surface area contributed by atoms with Gasteiger partial charge >= 0.3 is 6.09 Å². The molecule has 2 aliphatic rings. The Morgan fingerprint density at radius 1 is 1.30 bits per heavy atom. The number of hydrogen-bond donors (Lipinski definition) is 1. The van der Waals surface area contributed by atoms with Crippen LogP contribution in [0.5, 0.6) is 0 Å². The summed E-state index contributed by atoms with van der Waals surface area (Å²) in [5.41, 5.74) is -0.917. The molecule has 0 radical (unpaired) electrons. The average Bonchev–Trinajstić information content (AvgIpc) is 2.88. The number of carbonyl (C=O) groups is 1. The van der Waals surface area contributed by atoms with Gasteiger partial charge in [0.2, 0.25) is 10.0 Å². The van der Waals surface area contributed by atoms with Gasteiger partial charge in [0, 0.05) is 38.1 Å². The summed E-state index contributed by atoms with van der Waals surface area (Å²) in [5.74, 6) is 0. The lowest BCUT2D eigenvalue weighted by molar-refractivity contribution is -0.385. The Kier molecular flexibility index (Phi) is 3.72. The lowest BCUT2D eigenvalue weighted by Crippen LogP contribution is -2.48. The van der Waals surface area contributed by atoms with Crippen molar-refractivity contribution in [2.24, 2.45) is 0 Å². The summed E-state index contributed by atoms with van der Waals surface area (Å²) >= 11 is 0. The van der Waals surface area contributed by atoms with E-state index in [1.54, 1.807) is 0 Å². The summed E-state index contributed by atoms with van der Waals surface area (Å²) in [6, 6.07) is 4.98. The number of nitro groups is 1. The third kappa shape index (κ3) is 2.86. The maximum absolute atomic E-state index is 12.6. The monoisotopic (exact) mass is 341 g/mol. The van der Waals surface area contributed by atoms with Gasteiger partial charge in [-0.2, -0.15) is 4.31 Å². The SMILES string of the molecule is O=C1NCC2(CCN(S(=O)(=O)c3cccc([N+](=O)[O-])c3)CC2)O1. The molecular weight excluding hydrogens is 326 g/mol. The Hall–Kier alpha value is -2.20. The van der Waals surface area contributed by atoms with Crippen LogP contribution in [0.4, 0.5) is 10.5 Å². The highest BCUT2D eigenvalue weighted by Crippen LogP contribution is 2.32. The molecule has 1 N–H and O–H groups in total. The zero-order valence-corrected chi connectivity index (χ0v) is 12.9. The van der Waals surface area contributed by atoms with Gasteiger partial charge in [-0.05, 0) is 6.07 Å². The van der Waals surface area contributed by atoms with Crippen molar-refractivity contribution >= 4 is 21.8 Å². The van der Waals surface area contributed by atoms with Gasteiger partial charge < -0.3 is 10.1 Å². The normalized spacial score (nSPS) is 21.0. The molecular formula is C13H15N3O6S. The topological polar surface area (TPSA) is 119 Å². The number of carbonyl (C=O) groups excluding carboxylic acids is 1. The van der Waals surface area contributed by atoms with Crippen molar-refractivity contribution in [1.29, 1.82) is 0 Å². The van der Waals surface area contributed by atoms with Crippen molar-refractivity contribution in [3.8, 4) is 0 Å². The minimum absolute atomic E-state index is 0.107. The molecule has 1 amide bonds. The fourth-order valence-electron chi connectivity index (χ4n) is 2.82. The number of amides is 1. The van der Waals surface area contributed by atoms with Crippen molar-refractivity contribution in [2.45, 2.75) is 23.3 Å². The van der Waals surface area contributed by atoms with Crippen LogP contribution in [-0.4, -0.2) is 49.0 Å². The Bertz CT molecular complexity index is 755. The molecule has 2 heterocycles. The smallest absolute Gasteiger partial charge is 0.407 e. The van der Waals surface area contributed by atoms with Gasteiger partial charge in [0.15, 0.2) is 0 Å². The van der Waals surface area contributed by atoms with Crippen LogP contribution < -0.4 is 5.32 Å². The summed E-state index contributed by atoms with van der Waals surface area (Å²) in [6.07, 6.45) is 0.291. The third-order valence-corrected chi connectivity index (χ3v) is 6.06. The van der Waals surface area contributed by atoms with E-state index in [0.29, 0.717) is 19.4 Å². The predicted molar refractivity (Wildman–Crippen MR) is 78.3 cm³/mol. The van der Waals surface area contributed by atoms with Crippen LogP contribution >= 0.6 is 0 Å². The van der Waals surface area contributed by atoms with Crippen molar-refractivity contribution in [2.75, 3.05) is 19.6 Å². The quantitative estimate of drug-likeness (QED) is 0.643. The lowest BCUT2D eigenvalue weighted by Gasteiger charge is -2.36. The molecule has 23 heavy (non-hydrogen) atoms. The summed E-state index contributed by atoms with van der Waals surface area (Å²) in [4.78, 5) is 21.2. The third-order valence-electron chi connectivity index (χ3n) is 4.16. The first-order chi connectivity index (χ1) is 10.8. The van der Waals surface area contributed by atoms with Gasteiger partial charge in [0.25, 0.3) is 5.69 Å². The number of piperidine rings is 1. The van der Waals surface area contributed by atoms with E-state index in [1.807, 2.05) is 0 Å². The fourth-order valence-corrected chi connectivity index (χ4v) is 4.30. The van der Waals surface area contributed by atoms with Gasteiger partial charge in [0.1, 0.15) is 5.60 Å². The Morgan fingerprint density at radius 3 is 2.57 bits per heavy atom. The van der Waals surface area contributed by atoms with E-state index in [2.05, 4.69) is 5.32 Å². The molecule has 9 nitrogen and oxygen atoms in total. The largest absolute Gasteiger partial charge is 0.441 e. The predicted octanol–water partition coefficient (Wildman–Crippen LogP) is 0.858. The van der Waals surface area contributed by atoms with Gasteiger partial charge in [0.05, 0.1) is 16.4 Å². The molecule has 124 valence electrons. The summed E-state index contributed by atoms with van der Waals surface area (Å²) < 4.78 is 31.7. The molecule has 2 aliphatic heterocycles. The number of ether oxygens (including phenoxy) is 1. The van der Waals surface area contributed by atoms with Gasteiger partial charge in [-0.25, -0.2) is 13.2 Å². The molecule has 2 fully saturated rings. The van der Waals surface area contributed by atoms with E-state index in [4.69, 9.17) is 4.74 Å². The Labute approximate surface area is 132 Å². The fraction of sp³-hybridized carbons (Fsp3) is 0.462. The summed E-state index contributed by atoms with van der Waals surface area (Å²) in [6.45, 7) is 0.760. The standard InChI is InChI=1S/C13H15N3O6S/c17-12-14-9-13(22-12)4-6-15(7-5-13)23(20,21)11-3-1-2-10(8-11)16(18)19/h1-3,8H,4-7,9H2,(H,14,17). The number of alkyl carbamates (subject to hydrolysis) is 1. The molecule has 0 saturated carbocycles. The van der Waals surface area contributed by atoms with Crippen LogP contribution in [0.2, 0.25) is 0 Å². The Balaban J connectivity index is 1.78. The number of non-ortho nitro benzene ring substituents is 1. The van der Waals surface area contributed by atoms with Crippen molar-refractivity contribution in [3.63, 3.8) is 0 Å². The van der Waals surface area contributed by atoms with E-state index in [-0.39, 0.29) is 23.7 Å². The first kappa shape index (κ1) is 15.7. The molecule has 0 aliphatic carbocycles. The first-order valence-electron chi connectivity index (χ1n) is 7.04. The van der Waals surface area contributed by atoms with E-state index in [1.165, 1.54) is 22.5 Å². The van der Waals surface area contributed by atoms with E-state index < -0.39 is 26.6 Å². The van der Waals surface area contributed by atoms with Crippen molar-refractivity contribution in [3.05, 3.63) is 34.4 Å². The zero-order valence-electron chi connectivity index (χ0n) is 12.1. The summed E-state index contributed by atoms with van der Waals surface area (Å²) in [7, 11) is -3.81. The number of rotatable bonds is 3. The minimum atomic E-state index is -3.81.